The van der Waals surface area contributed by atoms with E-state index >= 15 is 0 Å². The van der Waals surface area contributed by atoms with Gasteiger partial charge in [-0.1, -0.05) is 17.7 Å². The number of carbonyl (C=O) groups is 1. The van der Waals surface area contributed by atoms with Crippen LogP contribution in [0.15, 0.2) is 35.2 Å². The van der Waals surface area contributed by atoms with Gasteiger partial charge in [-0.05, 0) is 51.0 Å². The number of carbonyl (C=O) groups excluding carboxylic acids is 1. The molecule has 2 N–H and O–H groups in total. The number of anilines is 1. The fraction of sp³-hybridized carbons (Fsp3) is 0.278. The summed E-state index contributed by atoms with van der Waals surface area (Å²) in [5, 5.41) is 2.24. The maximum atomic E-state index is 13.6. The Hall–Kier alpha value is -2.32. The van der Waals surface area contributed by atoms with Crippen molar-refractivity contribution in [3.05, 3.63) is 58.7 Å². The zero-order valence-corrected chi connectivity index (χ0v) is 15.7. The van der Waals surface area contributed by atoms with Gasteiger partial charge in [0.15, 0.2) is 0 Å². The molecule has 0 aliphatic heterocycles. The molecule has 0 heterocycles. The monoisotopic (exact) mass is 382 g/mol. The third kappa shape index (κ3) is 4.44. The Bertz CT molecular complexity index is 936. The van der Waals surface area contributed by atoms with Gasteiger partial charge in [0.2, 0.25) is 15.9 Å². The van der Waals surface area contributed by atoms with Crippen LogP contribution in [0.25, 0.3) is 0 Å². The Morgan fingerprint density at radius 2 is 1.62 bits per heavy atom. The molecule has 0 saturated carbocycles. The standard InChI is InChI=1S/C18H20F2N2O3S/c1-10-7-11(2)17(12(3)8-10)26(24,25)22-13(4)18(23)21-16-6-5-14(19)9-15(16)20/h5-9,13,22H,1-4H3,(H,21,23). The second-order valence-electron chi connectivity index (χ2n) is 6.18. The Kier molecular flexibility index (Phi) is 5.77. The lowest BCUT2D eigenvalue weighted by Gasteiger charge is -2.17. The summed E-state index contributed by atoms with van der Waals surface area (Å²) < 4.78 is 54.1. The van der Waals surface area contributed by atoms with E-state index in [1.165, 1.54) is 6.92 Å². The van der Waals surface area contributed by atoms with Crippen LogP contribution in [0, 0.1) is 32.4 Å². The summed E-state index contributed by atoms with van der Waals surface area (Å²) in [6.07, 6.45) is 0. The Labute approximate surface area is 151 Å². The lowest BCUT2D eigenvalue weighted by molar-refractivity contribution is -0.117. The summed E-state index contributed by atoms with van der Waals surface area (Å²) in [7, 11) is -3.96. The van der Waals surface area contributed by atoms with Gasteiger partial charge in [-0.25, -0.2) is 17.2 Å². The van der Waals surface area contributed by atoms with Crippen molar-refractivity contribution in [2.45, 2.75) is 38.6 Å². The van der Waals surface area contributed by atoms with E-state index in [-0.39, 0.29) is 10.6 Å². The van der Waals surface area contributed by atoms with E-state index in [4.69, 9.17) is 0 Å². The fourth-order valence-corrected chi connectivity index (χ4v) is 4.42. The first kappa shape index (κ1) is 20.0. The van der Waals surface area contributed by atoms with Crippen LogP contribution in [-0.4, -0.2) is 20.4 Å². The molecule has 1 atom stereocenters. The molecule has 8 heteroatoms. The fourth-order valence-electron chi connectivity index (χ4n) is 2.77. The highest BCUT2D eigenvalue weighted by molar-refractivity contribution is 7.89. The van der Waals surface area contributed by atoms with E-state index in [1.54, 1.807) is 26.0 Å². The molecule has 0 fully saturated rings. The first-order valence-corrected chi connectivity index (χ1v) is 9.35. The van der Waals surface area contributed by atoms with Crippen molar-refractivity contribution in [3.63, 3.8) is 0 Å². The van der Waals surface area contributed by atoms with Crippen LogP contribution in [0.1, 0.15) is 23.6 Å². The molecule has 26 heavy (non-hydrogen) atoms. The number of hydrogen-bond acceptors (Lipinski definition) is 3. The van der Waals surface area contributed by atoms with Gasteiger partial charge in [0, 0.05) is 6.07 Å². The average molecular weight is 382 g/mol. The van der Waals surface area contributed by atoms with E-state index in [0.717, 1.165) is 17.7 Å². The summed E-state index contributed by atoms with van der Waals surface area (Å²) in [6, 6.07) is 5.00. The minimum absolute atomic E-state index is 0.107. The SMILES string of the molecule is Cc1cc(C)c(S(=O)(=O)NC(C)C(=O)Nc2ccc(F)cc2F)c(C)c1. The number of nitrogens with one attached hydrogen (secondary N) is 2. The molecule has 2 rings (SSSR count). The third-order valence-corrected chi connectivity index (χ3v) is 5.63. The molecule has 0 radical (unpaired) electrons. The normalized spacial score (nSPS) is 12.7. The molecule has 0 aliphatic carbocycles. The molecule has 0 spiro atoms. The van der Waals surface area contributed by atoms with Crippen LogP contribution < -0.4 is 10.0 Å². The van der Waals surface area contributed by atoms with Gasteiger partial charge in [0.1, 0.15) is 11.6 Å². The quantitative estimate of drug-likeness (QED) is 0.834. The zero-order valence-electron chi connectivity index (χ0n) is 14.9. The van der Waals surface area contributed by atoms with Gasteiger partial charge in [0.05, 0.1) is 16.6 Å². The molecule has 1 amide bonds. The maximum absolute atomic E-state index is 13.6. The van der Waals surface area contributed by atoms with Gasteiger partial charge in [-0.2, -0.15) is 4.72 Å². The largest absolute Gasteiger partial charge is 0.322 e. The van der Waals surface area contributed by atoms with Crippen LogP contribution in [0.4, 0.5) is 14.5 Å². The van der Waals surface area contributed by atoms with E-state index < -0.39 is 33.6 Å². The number of benzene rings is 2. The molecule has 0 bridgehead atoms. The zero-order chi connectivity index (χ0) is 19.6. The molecule has 0 saturated heterocycles. The van der Waals surface area contributed by atoms with Crippen LogP contribution in [0.2, 0.25) is 0 Å². The summed E-state index contributed by atoms with van der Waals surface area (Å²) in [6.45, 7) is 6.55. The molecule has 1 unspecified atom stereocenters. The number of aryl methyl sites for hydroxylation is 3. The minimum Gasteiger partial charge on any atom is -0.322 e. The number of amides is 1. The predicted octanol–water partition coefficient (Wildman–Crippen LogP) is 3.20. The topological polar surface area (TPSA) is 75.3 Å². The molecule has 2 aromatic carbocycles. The number of halogens is 2. The van der Waals surface area contributed by atoms with E-state index in [0.29, 0.717) is 17.2 Å². The van der Waals surface area contributed by atoms with E-state index in [9.17, 15) is 22.0 Å². The van der Waals surface area contributed by atoms with Crippen LogP contribution in [0.3, 0.4) is 0 Å². The highest BCUT2D eigenvalue weighted by Gasteiger charge is 2.25. The van der Waals surface area contributed by atoms with Crippen molar-refractivity contribution in [1.29, 1.82) is 0 Å². The molecular formula is C18H20F2N2O3S. The summed E-state index contributed by atoms with van der Waals surface area (Å²) in [4.78, 5) is 12.3. The molecule has 5 nitrogen and oxygen atoms in total. The summed E-state index contributed by atoms with van der Waals surface area (Å²) in [5.74, 6) is -2.49. The highest BCUT2D eigenvalue weighted by Crippen LogP contribution is 2.22. The first-order valence-electron chi connectivity index (χ1n) is 7.87. The van der Waals surface area contributed by atoms with Crippen LogP contribution in [0.5, 0.6) is 0 Å². The maximum Gasteiger partial charge on any atom is 0.242 e. The number of hydrogen-bond donors (Lipinski definition) is 2. The number of sulfonamides is 1. The second kappa shape index (κ2) is 7.51. The summed E-state index contributed by atoms with van der Waals surface area (Å²) in [5.41, 5.74) is 1.82. The predicted molar refractivity (Wildman–Crippen MR) is 95.4 cm³/mol. The van der Waals surface area contributed by atoms with Gasteiger partial charge in [-0.15, -0.1) is 0 Å². The van der Waals surface area contributed by atoms with Crippen molar-refractivity contribution in [1.82, 2.24) is 4.72 Å². The van der Waals surface area contributed by atoms with Crippen LogP contribution in [-0.2, 0) is 14.8 Å². The Morgan fingerprint density at radius 3 is 2.15 bits per heavy atom. The Morgan fingerprint density at radius 1 is 1.04 bits per heavy atom. The molecular weight excluding hydrogens is 362 g/mol. The molecule has 0 aliphatic rings. The molecule has 140 valence electrons. The van der Waals surface area contributed by atoms with Crippen molar-refractivity contribution in [2.24, 2.45) is 0 Å². The lowest BCUT2D eigenvalue weighted by atomic mass is 10.1. The van der Waals surface area contributed by atoms with Gasteiger partial charge < -0.3 is 5.32 Å². The summed E-state index contributed by atoms with van der Waals surface area (Å²) >= 11 is 0. The number of rotatable bonds is 5. The second-order valence-corrected chi connectivity index (χ2v) is 7.84. The van der Waals surface area contributed by atoms with Gasteiger partial charge >= 0.3 is 0 Å². The lowest BCUT2D eigenvalue weighted by Crippen LogP contribution is -2.42. The molecule has 2 aromatic rings. The van der Waals surface area contributed by atoms with Gasteiger partial charge in [-0.3, -0.25) is 4.79 Å². The van der Waals surface area contributed by atoms with Crippen molar-refractivity contribution in [2.75, 3.05) is 5.32 Å². The van der Waals surface area contributed by atoms with Gasteiger partial charge in [0.25, 0.3) is 0 Å². The van der Waals surface area contributed by atoms with E-state index in [1.807, 2.05) is 6.92 Å². The third-order valence-electron chi connectivity index (χ3n) is 3.79. The Balaban J connectivity index is 2.20. The molecule has 0 aromatic heterocycles. The van der Waals surface area contributed by atoms with Crippen molar-refractivity contribution < 1.29 is 22.0 Å². The van der Waals surface area contributed by atoms with Crippen molar-refractivity contribution >= 4 is 21.6 Å². The highest BCUT2D eigenvalue weighted by atomic mass is 32.2. The smallest absolute Gasteiger partial charge is 0.242 e. The first-order chi connectivity index (χ1) is 12.0. The van der Waals surface area contributed by atoms with Crippen molar-refractivity contribution in [3.8, 4) is 0 Å². The van der Waals surface area contributed by atoms with E-state index in [2.05, 4.69) is 10.0 Å². The minimum atomic E-state index is -3.96. The van der Waals surface area contributed by atoms with Crippen LogP contribution >= 0.6 is 0 Å². The average Bonchev–Trinajstić information content (AvgIpc) is 2.47.